The molecule has 2 bridgehead atoms. The Balaban J connectivity index is 2.09. The third kappa shape index (κ3) is 0.672. The van der Waals surface area contributed by atoms with E-state index in [1.807, 2.05) is 0 Å². The molecule has 66 valence electrons. The molecule has 1 heterocycles. The van der Waals surface area contributed by atoms with Crippen LogP contribution in [-0.4, -0.2) is 20.9 Å². The van der Waals surface area contributed by atoms with Gasteiger partial charge in [-0.15, -0.1) is 11.6 Å². The molecule has 0 aromatic heterocycles. The minimum atomic E-state index is -0.628. The second-order valence-corrected chi connectivity index (χ2v) is 6.10. The van der Waals surface area contributed by atoms with E-state index in [1.54, 1.807) is 0 Å². The van der Waals surface area contributed by atoms with Crippen molar-refractivity contribution in [2.24, 2.45) is 11.8 Å². The van der Waals surface area contributed by atoms with Crippen molar-refractivity contribution in [2.75, 3.05) is 0 Å². The molecule has 0 unspecified atom stereocenters. The second kappa shape index (κ2) is 2.11. The van der Waals surface area contributed by atoms with Crippen LogP contribution < -0.4 is 0 Å². The first kappa shape index (κ1) is 7.85. The summed E-state index contributed by atoms with van der Waals surface area (Å²) in [5.41, 5.74) is 0. The number of fused-ring (bicyclic) bond motifs is 1. The van der Waals surface area contributed by atoms with Crippen LogP contribution in [-0.2, 0) is 9.53 Å². The summed E-state index contributed by atoms with van der Waals surface area (Å²) in [5, 5.41) is 0. The van der Waals surface area contributed by atoms with E-state index < -0.39 is 4.87 Å². The van der Waals surface area contributed by atoms with E-state index in [9.17, 15) is 4.79 Å². The molecule has 0 aromatic rings. The van der Waals surface area contributed by atoms with Crippen LogP contribution in [0.3, 0.4) is 0 Å². The highest BCUT2D eigenvalue weighted by Gasteiger charge is 2.69. The van der Waals surface area contributed by atoms with Gasteiger partial charge in [0.2, 0.25) is 0 Å². The molecule has 0 radical (unpaired) electrons. The van der Waals surface area contributed by atoms with Crippen LogP contribution in [0.15, 0.2) is 0 Å². The Hall–Kier alpha value is 0.490. The molecule has 0 amide bonds. The maximum absolute atomic E-state index is 11.4. The number of alkyl halides is 2. The van der Waals surface area contributed by atoms with Gasteiger partial charge in [-0.2, -0.15) is 0 Å². The number of hydrogen-bond donors (Lipinski definition) is 0. The Morgan fingerprint density at radius 3 is 3.00 bits per heavy atom. The predicted octanol–water partition coefficient (Wildman–Crippen LogP) is 1.73. The van der Waals surface area contributed by atoms with Gasteiger partial charge in [0.15, 0.2) is 0 Å². The quantitative estimate of drug-likeness (QED) is 0.387. The van der Waals surface area contributed by atoms with Crippen molar-refractivity contribution in [2.45, 2.75) is 27.7 Å². The highest BCUT2D eigenvalue weighted by molar-refractivity contribution is 14.1. The van der Waals surface area contributed by atoms with Crippen molar-refractivity contribution in [3.05, 3.63) is 0 Å². The minimum absolute atomic E-state index is 0.120. The smallest absolute Gasteiger partial charge is 0.327 e. The molecule has 4 heteroatoms. The van der Waals surface area contributed by atoms with Gasteiger partial charge in [-0.25, -0.2) is 0 Å². The number of halogens is 2. The lowest BCUT2D eigenvalue weighted by Crippen LogP contribution is -2.36. The zero-order valence-electron chi connectivity index (χ0n) is 6.30. The first-order chi connectivity index (χ1) is 5.63. The first-order valence-corrected chi connectivity index (χ1v) is 5.79. The number of carbonyl (C=O) groups excluding carboxylic acids is 1. The van der Waals surface area contributed by atoms with Crippen molar-refractivity contribution in [3.63, 3.8) is 0 Å². The Labute approximate surface area is 89.1 Å². The largest absolute Gasteiger partial charge is 0.460 e. The summed E-state index contributed by atoms with van der Waals surface area (Å²) in [4.78, 5) is 10.8. The van der Waals surface area contributed by atoms with Crippen molar-refractivity contribution in [3.8, 4) is 0 Å². The van der Waals surface area contributed by atoms with E-state index in [-0.39, 0.29) is 12.1 Å². The van der Waals surface area contributed by atoms with E-state index >= 15 is 0 Å². The topological polar surface area (TPSA) is 26.3 Å². The van der Waals surface area contributed by atoms with Crippen LogP contribution in [0.4, 0.5) is 0 Å². The number of ether oxygens (including phenoxy) is 1. The van der Waals surface area contributed by atoms with Gasteiger partial charge < -0.3 is 4.74 Å². The van der Waals surface area contributed by atoms with Crippen molar-refractivity contribution in [1.82, 2.24) is 0 Å². The Morgan fingerprint density at radius 2 is 2.42 bits per heavy atom. The molecule has 5 atom stereocenters. The van der Waals surface area contributed by atoms with Crippen LogP contribution in [0, 0.1) is 11.8 Å². The first-order valence-electron chi connectivity index (χ1n) is 4.17. The van der Waals surface area contributed by atoms with E-state index in [0.29, 0.717) is 15.8 Å². The molecular weight excluding hydrogens is 290 g/mol. The van der Waals surface area contributed by atoms with Gasteiger partial charge >= 0.3 is 5.97 Å². The fraction of sp³-hybridized carbons (Fsp3) is 0.875. The van der Waals surface area contributed by atoms with Crippen LogP contribution in [0.25, 0.3) is 0 Å². The summed E-state index contributed by atoms with van der Waals surface area (Å²) in [6, 6.07) is 0. The molecule has 12 heavy (non-hydrogen) atoms. The maximum Gasteiger partial charge on any atom is 0.327 e. The molecule has 1 aliphatic heterocycles. The fourth-order valence-electron chi connectivity index (χ4n) is 2.86. The molecule has 3 aliphatic rings. The minimum Gasteiger partial charge on any atom is -0.460 e. The summed E-state index contributed by atoms with van der Waals surface area (Å²) < 4.78 is 5.78. The van der Waals surface area contributed by atoms with Gasteiger partial charge in [-0.1, -0.05) is 22.6 Å². The number of esters is 1. The summed E-state index contributed by atoms with van der Waals surface area (Å²) >= 11 is 8.63. The SMILES string of the molecule is O=C1O[C@@H]2[C@H](I)[C@H]3C[C@@H]2[C@@]1(Cl)C3. The van der Waals surface area contributed by atoms with Crippen molar-refractivity contribution in [1.29, 1.82) is 0 Å². The third-order valence-corrected chi connectivity index (χ3v) is 5.76. The van der Waals surface area contributed by atoms with Crippen LogP contribution in [0.1, 0.15) is 12.8 Å². The fourth-order valence-corrected chi connectivity index (χ4v) is 4.51. The standard InChI is InChI=1S/C8H8ClIO2/c9-8-2-3-1-4(8)6(5(3)10)12-7(8)11/h3-6H,1-2H2/t3-,4-,5+,6-,8-/m0/s1. The lowest BCUT2D eigenvalue weighted by atomic mass is 9.89. The van der Waals surface area contributed by atoms with Crippen LogP contribution in [0.5, 0.6) is 0 Å². The van der Waals surface area contributed by atoms with Gasteiger partial charge in [0.25, 0.3) is 0 Å². The van der Waals surface area contributed by atoms with Crippen LogP contribution >= 0.6 is 34.2 Å². The molecule has 2 aliphatic carbocycles. The number of rotatable bonds is 0. The van der Waals surface area contributed by atoms with Crippen molar-refractivity contribution < 1.29 is 9.53 Å². The predicted molar refractivity (Wildman–Crippen MR) is 52.5 cm³/mol. The molecule has 2 saturated carbocycles. The highest BCUT2D eigenvalue weighted by Crippen LogP contribution is 2.61. The molecule has 0 spiro atoms. The molecule has 3 rings (SSSR count). The van der Waals surface area contributed by atoms with Gasteiger partial charge in [0.05, 0.1) is 3.92 Å². The molecule has 0 N–H and O–H groups in total. The van der Waals surface area contributed by atoms with Crippen molar-refractivity contribution >= 4 is 40.2 Å². The molecule has 2 nitrogen and oxygen atoms in total. The highest BCUT2D eigenvalue weighted by atomic mass is 127. The Kier molecular flexibility index (Phi) is 1.38. The zero-order valence-corrected chi connectivity index (χ0v) is 9.21. The summed E-state index contributed by atoms with van der Waals surface area (Å²) in [5.74, 6) is 0.754. The van der Waals surface area contributed by atoms with E-state index in [4.69, 9.17) is 16.3 Å². The number of hydrogen-bond acceptors (Lipinski definition) is 2. The second-order valence-electron chi connectivity index (χ2n) is 3.98. The van der Waals surface area contributed by atoms with Gasteiger partial charge in [-0.3, -0.25) is 4.79 Å². The molecule has 3 fully saturated rings. The average Bonchev–Trinajstić information content (AvgIpc) is 2.53. The van der Waals surface area contributed by atoms with Crippen LogP contribution in [0.2, 0.25) is 0 Å². The Bertz CT molecular complexity index is 270. The normalized spacial score (nSPS) is 61.0. The maximum atomic E-state index is 11.4. The monoisotopic (exact) mass is 298 g/mol. The lowest BCUT2D eigenvalue weighted by Gasteiger charge is -2.24. The van der Waals surface area contributed by atoms with E-state index in [1.165, 1.54) is 0 Å². The Morgan fingerprint density at radius 1 is 1.67 bits per heavy atom. The van der Waals surface area contributed by atoms with Gasteiger partial charge in [0.1, 0.15) is 11.0 Å². The lowest BCUT2D eigenvalue weighted by molar-refractivity contribution is -0.142. The van der Waals surface area contributed by atoms with Gasteiger partial charge in [-0.05, 0) is 18.8 Å². The molecular formula is C8H8ClIO2. The number of carbonyl (C=O) groups is 1. The molecule has 1 saturated heterocycles. The average molecular weight is 299 g/mol. The summed E-state index contributed by atoms with van der Waals surface area (Å²) in [6.07, 6.45) is 2.05. The summed E-state index contributed by atoms with van der Waals surface area (Å²) in [6.45, 7) is 0. The van der Waals surface area contributed by atoms with Gasteiger partial charge in [0, 0.05) is 5.92 Å². The zero-order chi connectivity index (χ0) is 8.51. The van der Waals surface area contributed by atoms with E-state index in [2.05, 4.69) is 22.6 Å². The molecule has 0 aromatic carbocycles. The summed E-state index contributed by atoms with van der Waals surface area (Å²) in [7, 11) is 0. The van der Waals surface area contributed by atoms with E-state index in [0.717, 1.165) is 12.8 Å². The third-order valence-electron chi connectivity index (χ3n) is 3.45.